The zero-order valence-electron chi connectivity index (χ0n) is 12.0. The number of rotatable bonds is 9. The normalized spacial score (nSPS) is 13.8. The minimum absolute atomic E-state index is 0.182. The molecule has 0 aromatic heterocycles. The summed E-state index contributed by atoms with van der Waals surface area (Å²) < 4.78 is 0. The number of benzene rings is 1. The lowest BCUT2D eigenvalue weighted by Crippen LogP contribution is -2.33. The van der Waals surface area contributed by atoms with E-state index in [1.807, 2.05) is 37.3 Å². The van der Waals surface area contributed by atoms with Crippen LogP contribution in [-0.2, 0) is 15.0 Å². The molecule has 0 fully saturated rings. The molecule has 0 aliphatic rings. The predicted molar refractivity (Wildman–Crippen MR) is 78.2 cm³/mol. The molecule has 1 rings (SSSR count). The van der Waals surface area contributed by atoms with Crippen LogP contribution in [-0.4, -0.2) is 12.1 Å². The number of carbonyl (C=O) groups excluding carboxylic acids is 2. The van der Waals surface area contributed by atoms with Crippen LogP contribution in [0.1, 0.15) is 57.9 Å². The lowest BCUT2D eigenvalue weighted by molar-refractivity contribution is -0.126. The van der Waals surface area contributed by atoms with E-state index in [0.717, 1.165) is 24.7 Å². The van der Waals surface area contributed by atoms with Crippen LogP contribution in [0.3, 0.4) is 0 Å². The Morgan fingerprint density at radius 3 is 2.42 bits per heavy atom. The number of carbonyl (C=O) groups is 2. The van der Waals surface area contributed by atoms with E-state index >= 15 is 0 Å². The van der Waals surface area contributed by atoms with Crippen molar-refractivity contribution in [2.45, 2.75) is 57.8 Å². The highest BCUT2D eigenvalue weighted by Gasteiger charge is 2.33. The molecule has 0 N–H and O–H groups in total. The van der Waals surface area contributed by atoms with Gasteiger partial charge in [0.15, 0.2) is 0 Å². The Bertz CT molecular complexity index is 397. The molecule has 2 heteroatoms. The van der Waals surface area contributed by atoms with Gasteiger partial charge in [-0.15, -0.1) is 0 Å². The number of ketones is 1. The highest BCUT2D eigenvalue weighted by atomic mass is 16.1. The third kappa shape index (κ3) is 4.30. The minimum atomic E-state index is -0.658. The highest BCUT2D eigenvalue weighted by molar-refractivity contribution is 5.91. The van der Waals surface area contributed by atoms with Gasteiger partial charge in [0.1, 0.15) is 12.1 Å². The Balaban J connectivity index is 2.75. The van der Waals surface area contributed by atoms with Gasteiger partial charge in [0.2, 0.25) is 0 Å². The van der Waals surface area contributed by atoms with Gasteiger partial charge < -0.3 is 4.79 Å². The minimum Gasteiger partial charge on any atom is -0.303 e. The molecule has 1 unspecified atom stereocenters. The van der Waals surface area contributed by atoms with Crippen molar-refractivity contribution in [2.24, 2.45) is 0 Å². The van der Waals surface area contributed by atoms with Crippen molar-refractivity contribution >= 4 is 12.1 Å². The average Bonchev–Trinajstić information content (AvgIpc) is 2.44. The van der Waals surface area contributed by atoms with Crippen LogP contribution in [0.4, 0.5) is 0 Å². The number of aldehydes is 1. The Kier molecular flexibility index (Phi) is 6.48. The molecule has 2 nitrogen and oxygen atoms in total. The van der Waals surface area contributed by atoms with E-state index in [1.165, 1.54) is 12.8 Å². The largest absolute Gasteiger partial charge is 0.303 e. The number of Topliss-reactive ketones (excluding diaryl/α,β-unsaturated/α-hetero) is 1. The van der Waals surface area contributed by atoms with E-state index < -0.39 is 5.41 Å². The second kappa shape index (κ2) is 7.88. The van der Waals surface area contributed by atoms with Crippen LogP contribution >= 0.6 is 0 Å². The fourth-order valence-corrected chi connectivity index (χ4v) is 2.35. The number of hydrogen-bond acceptors (Lipinski definition) is 2. The van der Waals surface area contributed by atoms with E-state index in [4.69, 9.17) is 0 Å². The van der Waals surface area contributed by atoms with Gasteiger partial charge in [-0.1, -0.05) is 56.5 Å². The first kappa shape index (κ1) is 15.6. The Labute approximate surface area is 116 Å². The third-order valence-electron chi connectivity index (χ3n) is 3.78. The quantitative estimate of drug-likeness (QED) is 0.495. The summed E-state index contributed by atoms with van der Waals surface area (Å²) in [6.07, 6.45) is 6.05. The van der Waals surface area contributed by atoms with Gasteiger partial charge in [-0.05, 0) is 18.9 Å². The molecule has 1 aromatic rings. The molecule has 0 bridgehead atoms. The molecule has 1 atom stereocenters. The van der Waals surface area contributed by atoms with E-state index in [2.05, 4.69) is 6.92 Å². The lowest BCUT2D eigenvalue weighted by Gasteiger charge is -2.26. The third-order valence-corrected chi connectivity index (χ3v) is 3.78. The topological polar surface area (TPSA) is 34.1 Å². The van der Waals surface area contributed by atoms with Crippen LogP contribution in [0.5, 0.6) is 0 Å². The van der Waals surface area contributed by atoms with Gasteiger partial charge >= 0.3 is 0 Å². The maximum atomic E-state index is 12.5. The van der Waals surface area contributed by atoms with Crippen molar-refractivity contribution in [1.82, 2.24) is 0 Å². The maximum absolute atomic E-state index is 12.5. The maximum Gasteiger partial charge on any atom is 0.143 e. The zero-order chi connectivity index (χ0) is 14.1. The second-order valence-electron chi connectivity index (χ2n) is 5.30. The molecule has 19 heavy (non-hydrogen) atoms. The van der Waals surface area contributed by atoms with Gasteiger partial charge in [0, 0.05) is 12.8 Å². The summed E-state index contributed by atoms with van der Waals surface area (Å²) in [4.78, 5) is 23.4. The Morgan fingerprint density at radius 1 is 1.16 bits per heavy atom. The molecule has 0 saturated heterocycles. The van der Waals surface area contributed by atoms with E-state index in [9.17, 15) is 9.59 Å². The summed E-state index contributed by atoms with van der Waals surface area (Å²) in [5.41, 5.74) is 0.289. The van der Waals surface area contributed by atoms with Crippen LogP contribution in [0, 0.1) is 0 Å². The summed E-state index contributed by atoms with van der Waals surface area (Å²) in [6.45, 7) is 4.04. The van der Waals surface area contributed by atoms with Crippen LogP contribution in [0.25, 0.3) is 0 Å². The first-order chi connectivity index (χ1) is 9.15. The molecule has 0 radical (unpaired) electrons. The molecule has 0 spiro atoms. The monoisotopic (exact) mass is 260 g/mol. The molecule has 0 heterocycles. The standard InChI is InChI=1S/C17H24O2/c1-3-4-5-9-12-16(19)17(2,13-14-18)15-10-7-6-8-11-15/h6-8,10-11,14H,3-5,9,12-13H2,1-2H3. The van der Waals surface area contributed by atoms with Crippen molar-refractivity contribution in [2.75, 3.05) is 0 Å². The first-order valence-corrected chi connectivity index (χ1v) is 7.17. The summed E-state index contributed by atoms with van der Waals surface area (Å²) in [6, 6.07) is 9.64. The SMILES string of the molecule is CCCCCCC(=O)C(C)(CC=O)c1ccccc1. The molecule has 0 saturated carbocycles. The van der Waals surface area contributed by atoms with Crippen molar-refractivity contribution in [1.29, 1.82) is 0 Å². The lowest BCUT2D eigenvalue weighted by atomic mass is 9.75. The predicted octanol–water partition coefficient (Wildman–Crippen LogP) is 4.07. The fraction of sp³-hybridized carbons (Fsp3) is 0.529. The molecule has 0 aliphatic heterocycles. The van der Waals surface area contributed by atoms with Crippen molar-refractivity contribution in [3.05, 3.63) is 35.9 Å². The smallest absolute Gasteiger partial charge is 0.143 e. The van der Waals surface area contributed by atoms with Crippen molar-refractivity contribution in [3.63, 3.8) is 0 Å². The molecule has 104 valence electrons. The Hall–Kier alpha value is -1.44. The van der Waals surface area contributed by atoms with Gasteiger partial charge in [0.25, 0.3) is 0 Å². The van der Waals surface area contributed by atoms with E-state index in [-0.39, 0.29) is 12.2 Å². The van der Waals surface area contributed by atoms with Crippen LogP contribution in [0.15, 0.2) is 30.3 Å². The molecular weight excluding hydrogens is 236 g/mol. The molecule has 0 aliphatic carbocycles. The van der Waals surface area contributed by atoms with Gasteiger partial charge in [-0.2, -0.15) is 0 Å². The summed E-state index contributed by atoms with van der Waals surface area (Å²) in [5.74, 6) is 0.182. The van der Waals surface area contributed by atoms with E-state index in [0.29, 0.717) is 6.42 Å². The Morgan fingerprint density at radius 2 is 1.84 bits per heavy atom. The van der Waals surface area contributed by atoms with Crippen LogP contribution in [0.2, 0.25) is 0 Å². The average molecular weight is 260 g/mol. The number of unbranched alkanes of at least 4 members (excludes halogenated alkanes) is 3. The zero-order valence-corrected chi connectivity index (χ0v) is 12.0. The van der Waals surface area contributed by atoms with E-state index in [1.54, 1.807) is 0 Å². The highest BCUT2D eigenvalue weighted by Crippen LogP contribution is 2.29. The van der Waals surface area contributed by atoms with Crippen molar-refractivity contribution in [3.8, 4) is 0 Å². The summed E-state index contributed by atoms with van der Waals surface area (Å²) in [5, 5.41) is 0. The first-order valence-electron chi connectivity index (χ1n) is 7.17. The fourth-order valence-electron chi connectivity index (χ4n) is 2.35. The van der Waals surface area contributed by atoms with Gasteiger partial charge in [0.05, 0.1) is 5.41 Å². The summed E-state index contributed by atoms with van der Waals surface area (Å²) in [7, 11) is 0. The van der Waals surface area contributed by atoms with Gasteiger partial charge in [-0.25, -0.2) is 0 Å². The number of hydrogen-bond donors (Lipinski definition) is 0. The second-order valence-corrected chi connectivity index (χ2v) is 5.30. The van der Waals surface area contributed by atoms with Gasteiger partial charge in [-0.3, -0.25) is 4.79 Å². The molecule has 1 aromatic carbocycles. The molecule has 0 amide bonds. The summed E-state index contributed by atoms with van der Waals surface area (Å²) >= 11 is 0. The van der Waals surface area contributed by atoms with Crippen molar-refractivity contribution < 1.29 is 9.59 Å². The molecular formula is C17H24O2. The van der Waals surface area contributed by atoms with Crippen LogP contribution < -0.4 is 0 Å².